The number of amides is 2. The van der Waals surface area contributed by atoms with Crippen molar-refractivity contribution in [1.29, 1.82) is 0 Å². The monoisotopic (exact) mass is 463 g/mol. The second-order valence-electron chi connectivity index (χ2n) is 9.46. The van der Waals surface area contributed by atoms with Crippen molar-refractivity contribution in [3.63, 3.8) is 0 Å². The number of carbonyl (C=O) groups excluding carboxylic acids is 2. The lowest BCUT2D eigenvalue weighted by atomic mass is 9.94. The first-order valence-corrected chi connectivity index (χ1v) is 13.0. The first-order valence-electron chi connectivity index (χ1n) is 11.6. The minimum atomic E-state index is -3.71. The van der Waals surface area contributed by atoms with Crippen molar-refractivity contribution in [2.75, 3.05) is 44.2 Å². The molecule has 0 aromatic heterocycles. The van der Waals surface area contributed by atoms with Crippen LogP contribution in [0, 0.1) is 11.8 Å². The number of ether oxygens (including phenoxy) is 1. The fourth-order valence-electron chi connectivity index (χ4n) is 5.02. The molecule has 2 amide bonds. The Labute approximate surface area is 190 Å². The fraction of sp³-hybridized carbons (Fsp3) is 0.652. The van der Waals surface area contributed by atoms with Gasteiger partial charge in [0.25, 0.3) is 5.91 Å². The molecular weight excluding hydrogens is 430 g/mol. The summed E-state index contributed by atoms with van der Waals surface area (Å²) in [6.07, 6.45) is 5.16. The van der Waals surface area contributed by atoms with Gasteiger partial charge < -0.3 is 9.64 Å². The molecule has 0 saturated carbocycles. The van der Waals surface area contributed by atoms with Crippen molar-refractivity contribution in [2.24, 2.45) is 11.8 Å². The summed E-state index contributed by atoms with van der Waals surface area (Å²) in [4.78, 5) is 28.9. The quantitative estimate of drug-likeness (QED) is 0.685. The molecule has 0 spiro atoms. The molecule has 8 nitrogen and oxygen atoms in total. The van der Waals surface area contributed by atoms with E-state index in [1.807, 2.05) is 4.90 Å². The van der Waals surface area contributed by atoms with Crippen LogP contribution in [0.2, 0.25) is 0 Å². The van der Waals surface area contributed by atoms with Crippen molar-refractivity contribution < 1.29 is 22.7 Å². The molecule has 0 aliphatic carbocycles. The van der Waals surface area contributed by atoms with E-state index < -0.39 is 10.0 Å². The Kier molecular flexibility index (Phi) is 6.76. The van der Waals surface area contributed by atoms with Gasteiger partial charge in [-0.1, -0.05) is 26.7 Å². The third-order valence-electron chi connectivity index (χ3n) is 6.60. The molecule has 0 N–H and O–H groups in total. The average molecular weight is 464 g/mol. The van der Waals surface area contributed by atoms with E-state index in [4.69, 9.17) is 4.74 Å². The molecule has 4 rings (SSSR count). The van der Waals surface area contributed by atoms with Gasteiger partial charge in [0.2, 0.25) is 15.9 Å². The number of anilines is 1. The van der Waals surface area contributed by atoms with Crippen LogP contribution in [0.15, 0.2) is 23.1 Å². The highest BCUT2D eigenvalue weighted by Gasteiger charge is 2.34. The lowest BCUT2D eigenvalue weighted by molar-refractivity contribution is -0.132. The zero-order valence-electron chi connectivity index (χ0n) is 19.0. The van der Waals surface area contributed by atoms with Gasteiger partial charge in [-0.25, -0.2) is 8.42 Å². The van der Waals surface area contributed by atoms with Crippen LogP contribution in [0.5, 0.6) is 5.75 Å². The molecule has 3 heterocycles. The molecule has 1 aromatic rings. The summed E-state index contributed by atoms with van der Waals surface area (Å²) in [7, 11) is -3.71. The molecule has 0 unspecified atom stereocenters. The molecule has 176 valence electrons. The maximum absolute atomic E-state index is 13.4. The minimum Gasteiger partial charge on any atom is -0.482 e. The predicted octanol–water partition coefficient (Wildman–Crippen LogP) is 2.48. The average Bonchev–Trinajstić information content (AvgIpc) is 3.04. The van der Waals surface area contributed by atoms with Gasteiger partial charge in [-0.05, 0) is 49.3 Å². The van der Waals surface area contributed by atoms with Gasteiger partial charge in [0.15, 0.2) is 6.61 Å². The Balaban J connectivity index is 1.60. The lowest BCUT2D eigenvalue weighted by Gasteiger charge is -2.35. The van der Waals surface area contributed by atoms with E-state index in [1.165, 1.54) is 21.3 Å². The van der Waals surface area contributed by atoms with Gasteiger partial charge in [0.05, 0.1) is 10.6 Å². The highest BCUT2D eigenvalue weighted by atomic mass is 32.2. The van der Waals surface area contributed by atoms with Crippen LogP contribution >= 0.6 is 0 Å². The Morgan fingerprint density at radius 3 is 2.38 bits per heavy atom. The van der Waals surface area contributed by atoms with Crippen LogP contribution in [0.1, 0.15) is 46.0 Å². The summed E-state index contributed by atoms with van der Waals surface area (Å²) < 4.78 is 33.8. The van der Waals surface area contributed by atoms with Crippen molar-refractivity contribution in [1.82, 2.24) is 9.21 Å². The van der Waals surface area contributed by atoms with Crippen molar-refractivity contribution in [3.8, 4) is 5.75 Å². The van der Waals surface area contributed by atoms with E-state index in [2.05, 4.69) is 13.8 Å². The molecule has 3 aliphatic rings. The van der Waals surface area contributed by atoms with E-state index >= 15 is 0 Å². The molecule has 2 atom stereocenters. The summed E-state index contributed by atoms with van der Waals surface area (Å²) in [5.41, 5.74) is 0.351. The topological polar surface area (TPSA) is 87.2 Å². The van der Waals surface area contributed by atoms with Crippen molar-refractivity contribution >= 4 is 27.5 Å². The van der Waals surface area contributed by atoms with Crippen molar-refractivity contribution in [3.05, 3.63) is 18.2 Å². The van der Waals surface area contributed by atoms with E-state index in [1.54, 1.807) is 6.07 Å². The smallest absolute Gasteiger partial charge is 0.265 e. The summed E-state index contributed by atoms with van der Waals surface area (Å²) in [5.74, 6) is 0.556. The molecular formula is C23H33N3O5S. The number of rotatable bonds is 4. The second kappa shape index (κ2) is 9.39. The Hall–Kier alpha value is -2.13. The minimum absolute atomic E-state index is 0.101. The number of likely N-dealkylation sites (tertiary alicyclic amines) is 1. The zero-order valence-corrected chi connectivity index (χ0v) is 19.8. The maximum Gasteiger partial charge on any atom is 0.265 e. The standard InChI is InChI=1S/C23H33N3O5S/c1-17-11-18(2)14-25(13-17)32(29,30)19-7-8-21-20(12-19)26(23(28)16-31-21)15-22(27)24-9-5-3-4-6-10-24/h7-8,12,17-18H,3-6,9-11,13-16H2,1-2H3/t17-,18-/m0/s1. The Morgan fingerprint density at radius 1 is 1.06 bits per heavy atom. The molecule has 2 fully saturated rings. The van der Waals surface area contributed by atoms with Gasteiger partial charge in [-0.3, -0.25) is 14.5 Å². The largest absolute Gasteiger partial charge is 0.482 e. The third kappa shape index (κ3) is 4.78. The molecule has 0 bridgehead atoms. The number of hydrogen-bond donors (Lipinski definition) is 0. The van der Waals surface area contributed by atoms with E-state index in [0.717, 1.165) is 32.1 Å². The zero-order chi connectivity index (χ0) is 22.9. The Morgan fingerprint density at radius 2 is 1.72 bits per heavy atom. The summed E-state index contributed by atoms with van der Waals surface area (Å²) in [6.45, 7) is 6.23. The highest BCUT2D eigenvalue weighted by Crippen LogP contribution is 2.36. The predicted molar refractivity (Wildman–Crippen MR) is 121 cm³/mol. The molecule has 3 aliphatic heterocycles. The normalized spacial score (nSPS) is 25.1. The number of nitrogens with zero attached hydrogens (tertiary/aromatic N) is 3. The van der Waals surface area contributed by atoms with E-state index in [9.17, 15) is 18.0 Å². The first kappa shape index (κ1) is 23.0. The van der Waals surface area contributed by atoms with Crippen LogP contribution < -0.4 is 9.64 Å². The maximum atomic E-state index is 13.4. The van der Waals surface area contributed by atoms with Crippen molar-refractivity contribution in [2.45, 2.75) is 50.8 Å². The number of sulfonamides is 1. The number of carbonyl (C=O) groups is 2. The highest BCUT2D eigenvalue weighted by molar-refractivity contribution is 7.89. The summed E-state index contributed by atoms with van der Waals surface area (Å²) in [5, 5.41) is 0. The number of fused-ring (bicyclic) bond motifs is 1. The SMILES string of the molecule is C[C@H]1C[C@H](C)CN(S(=O)(=O)c2ccc3c(c2)N(CC(=O)N2CCCCCC2)C(=O)CO3)C1. The number of hydrogen-bond acceptors (Lipinski definition) is 5. The second-order valence-corrected chi connectivity index (χ2v) is 11.4. The summed E-state index contributed by atoms with van der Waals surface area (Å²) in [6, 6.07) is 4.61. The molecule has 2 saturated heterocycles. The van der Waals surface area contributed by atoms with Crippen LogP contribution in [0.25, 0.3) is 0 Å². The molecule has 9 heteroatoms. The molecule has 1 aromatic carbocycles. The third-order valence-corrected chi connectivity index (χ3v) is 8.43. The van der Waals surface area contributed by atoms with E-state index in [0.29, 0.717) is 49.5 Å². The van der Waals surface area contributed by atoms with Gasteiger partial charge >= 0.3 is 0 Å². The number of piperidine rings is 1. The summed E-state index contributed by atoms with van der Waals surface area (Å²) >= 11 is 0. The van der Waals surface area contributed by atoms with Crippen LogP contribution in [-0.2, 0) is 19.6 Å². The molecule has 0 radical (unpaired) electrons. The fourth-order valence-corrected chi connectivity index (χ4v) is 6.72. The number of benzene rings is 1. The Bertz CT molecular complexity index is 962. The lowest BCUT2D eigenvalue weighted by Crippen LogP contribution is -2.47. The van der Waals surface area contributed by atoms with Crippen LogP contribution in [0.3, 0.4) is 0 Å². The van der Waals surface area contributed by atoms with Crippen LogP contribution in [-0.4, -0.2) is 68.8 Å². The van der Waals surface area contributed by atoms with Gasteiger partial charge in [0, 0.05) is 26.2 Å². The first-order chi connectivity index (χ1) is 15.3. The van der Waals surface area contributed by atoms with Gasteiger partial charge in [-0.15, -0.1) is 0 Å². The van der Waals surface area contributed by atoms with Gasteiger partial charge in [0.1, 0.15) is 12.3 Å². The van der Waals surface area contributed by atoms with E-state index in [-0.39, 0.29) is 29.9 Å². The molecule has 32 heavy (non-hydrogen) atoms. The van der Waals surface area contributed by atoms with Crippen LogP contribution in [0.4, 0.5) is 5.69 Å². The van der Waals surface area contributed by atoms with Gasteiger partial charge in [-0.2, -0.15) is 4.31 Å².